The Morgan fingerprint density at radius 3 is 2.63 bits per heavy atom. The molecule has 1 N–H and O–H groups in total. The second kappa shape index (κ2) is 12.2. The molecule has 1 amide bonds. The standard InChI is InChI=1S/C30H42N6O5/c1-20(2)13-16-35-24-25(32-27(35)34-15-9-11-22(19-34)31-28(38)41-30(3,4)5)36(29(39)33(6)26(24)37)17-14-21-10-8-12-23(18-21)40-7/h8,10,12-13,18,22H,9,11,14-17,19H2,1-7H3,(H,31,38). The number of carbonyl (C=O) groups is 1. The third kappa shape index (κ3) is 7.01. The largest absolute Gasteiger partial charge is 0.497 e. The van der Waals surface area contributed by atoms with E-state index < -0.39 is 17.4 Å². The minimum Gasteiger partial charge on any atom is -0.497 e. The first-order chi connectivity index (χ1) is 19.4. The number of aromatic nitrogens is 4. The molecule has 4 rings (SSSR count). The van der Waals surface area contributed by atoms with E-state index in [0.29, 0.717) is 49.7 Å². The van der Waals surface area contributed by atoms with Gasteiger partial charge in [-0.1, -0.05) is 23.8 Å². The van der Waals surface area contributed by atoms with E-state index in [1.54, 1.807) is 11.7 Å². The molecule has 3 heterocycles. The number of nitrogens with one attached hydrogen (secondary N) is 1. The summed E-state index contributed by atoms with van der Waals surface area (Å²) in [7, 11) is 3.13. The van der Waals surface area contributed by atoms with Crippen LogP contribution in [0.25, 0.3) is 11.2 Å². The van der Waals surface area contributed by atoms with Crippen molar-refractivity contribution >= 4 is 23.2 Å². The molecule has 1 aliphatic heterocycles. The Morgan fingerprint density at radius 2 is 1.95 bits per heavy atom. The van der Waals surface area contributed by atoms with Gasteiger partial charge in [0, 0.05) is 39.3 Å². The van der Waals surface area contributed by atoms with Gasteiger partial charge in [-0.25, -0.2) is 9.59 Å². The number of piperidine rings is 1. The molecule has 1 saturated heterocycles. The average Bonchev–Trinajstić information content (AvgIpc) is 3.29. The van der Waals surface area contributed by atoms with Crippen LogP contribution in [0.3, 0.4) is 0 Å². The zero-order valence-electron chi connectivity index (χ0n) is 25.2. The second-order valence-electron chi connectivity index (χ2n) is 11.8. The first kappa shape index (κ1) is 30.0. The van der Waals surface area contributed by atoms with Gasteiger partial charge < -0.3 is 24.3 Å². The lowest BCUT2D eigenvalue weighted by Gasteiger charge is -2.34. The number of hydrogen-bond acceptors (Lipinski definition) is 7. The number of hydrogen-bond donors (Lipinski definition) is 1. The van der Waals surface area contributed by atoms with Crippen molar-refractivity contribution in [2.45, 2.75) is 78.6 Å². The van der Waals surface area contributed by atoms with E-state index in [-0.39, 0.29) is 11.6 Å². The highest BCUT2D eigenvalue weighted by atomic mass is 16.6. The lowest BCUT2D eigenvalue weighted by atomic mass is 10.1. The number of alkyl carbamates (subject to hydrolysis) is 1. The number of benzene rings is 1. The predicted octanol–water partition coefficient (Wildman–Crippen LogP) is 3.61. The molecular formula is C30H42N6O5. The van der Waals surface area contributed by atoms with Crippen molar-refractivity contribution in [3.8, 4) is 5.75 Å². The van der Waals surface area contributed by atoms with Gasteiger partial charge in [0.05, 0.1) is 7.11 Å². The van der Waals surface area contributed by atoms with Crippen molar-refractivity contribution in [2.24, 2.45) is 7.05 Å². The van der Waals surface area contributed by atoms with Crippen LogP contribution in [0.15, 0.2) is 45.5 Å². The summed E-state index contributed by atoms with van der Waals surface area (Å²) >= 11 is 0. The minimum atomic E-state index is -0.592. The zero-order valence-corrected chi connectivity index (χ0v) is 25.2. The zero-order chi connectivity index (χ0) is 29.9. The molecule has 0 bridgehead atoms. The molecule has 1 unspecified atom stereocenters. The number of aryl methyl sites for hydroxylation is 2. The van der Waals surface area contributed by atoms with Gasteiger partial charge in [-0.3, -0.25) is 13.9 Å². The van der Waals surface area contributed by atoms with Crippen molar-refractivity contribution < 1.29 is 14.3 Å². The molecular weight excluding hydrogens is 524 g/mol. The van der Waals surface area contributed by atoms with Crippen molar-refractivity contribution in [1.29, 1.82) is 0 Å². The molecule has 41 heavy (non-hydrogen) atoms. The fourth-order valence-electron chi connectivity index (χ4n) is 5.05. The highest BCUT2D eigenvalue weighted by molar-refractivity contribution is 5.75. The number of carbonyl (C=O) groups excluding carboxylic acids is 1. The highest BCUT2D eigenvalue weighted by Gasteiger charge is 2.29. The quantitative estimate of drug-likeness (QED) is 0.415. The fourth-order valence-corrected chi connectivity index (χ4v) is 5.05. The smallest absolute Gasteiger partial charge is 0.407 e. The summed E-state index contributed by atoms with van der Waals surface area (Å²) in [5.41, 5.74) is 1.47. The summed E-state index contributed by atoms with van der Waals surface area (Å²) in [5, 5.41) is 2.98. The second-order valence-corrected chi connectivity index (χ2v) is 11.8. The molecule has 3 aromatic rings. The van der Waals surface area contributed by atoms with Gasteiger partial charge in [-0.15, -0.1) is 0 Å². The van der Waals surface area contributed by atoms with Crippen LogP contribution in [0, 0.1) is 0 Å². The van der Waals surface area contributed by atoms with E-state index >= 15 is 0 Å². The van der Waals surface area contributed by atoms with E-state index in [0.717, 1.165) is 34.3 Å². The van der Waals surface area contributed by atoms with Gasteiger partial charge in [0.2, 0.25) is 5.95 Å². The molecule has 0 aliphatic carbocycles. The molecule has 0 radical (unpaired) electrons. The number of ether oxygens (including phenoxy) is 2. The maximum absolute atomic E-state index is 13.5. The van der Waals surface area contributed by atoms with Gasteiger partial charge >= 0.3 is 11.8 Å². The van der Waals surface area contributed by atoms with E-state index in [9.17, 15) is 14.4 Å². The molecule has 1 aromatic carbocycles. The van der Waals surface area contributed by atoms with Crippen LogP contribution in [0.4, 0.5) is 10.7 Å². The van der Waals surface area contributed by atoms with Crippen LogP contribution >= 0.6 is 0 Å². The Hall–Kier alpha value is -4.02. The van der Waals surface area contributed by atoms with Crippen LogP contribution in [0.2, 0.25) is 0 Å². The number of nitrogens with zero attached hydrogens (tertiary/aromatic N) is 5. The summed E-state index contributed by atoms with van der Waals surface area (Å²) in [6.07, 6.45) is 3.77. The first-order valence-electron chi connectivity index (χ1n) is 14.1. The molecule has 11 nitrogen and oxygen atoms in total. The Bertz CT molecular complexity index is 1550. The number of allylic oxidation sites excluding steroid dienone is 2. The number of anilines is 1. The lowest BCUT2D eigenvalue weighted by Crippen LogP contribution is -2.49. The van der Waals surface area contributed by atoms with E-state index in [1.165, 1.54) is 7.05 Å². The lowest BCUT2D eigenvalue weighted by molar-refractivity contribution is 0.0499. The number of rotatable bonds is 8. The van der Waals surface area contributed by atoms with Gasteiger partial charge in [-0.05, 0) is 71.6 Å². The normalized spacial score (nSPS) is 15.6. The molecule has 1 aliphatic rings. The molecule has 222 valence electrons. The highest BCUT2D eigenvalue weighted by Crippen LogP contribution is 2.24. The molecule has 0 saturated carbocycles. The summed E-state index contributed by atoms with van der Waals surface area (Å²) < 4.78 is 15.4. The van der Waals surface area contributed by atoms with E-state index in [1.807, 2.05) is 69.5 Å². The number of imidazole rings is 1. The monoisotopic (exact) mass is 566 g/mol. The van der Waals surface area contributed by atoms with Crippen molar-refractivity contribution in [3.05, 3.63) is 62.3 Å². The van der Waals surface area contributed by atoms with Crippen LogP contribution in [-0.4, -0.2) is 56.6 Å². The third-order valence-electron chi connectivity index (χ3n) is 7.08. The summed E-state index contributed by atoms with van der Waals surface area (Å²) in [4.78, 5) is 46.4. The predicted molar refractivity (Wildman–Crippen MR) is 160 cm³/mol. The van der Waals surface area contributed by atoms with Gasteiger partial charge in [-0.2, -0.15) is 4.98 Å². The van der Waals surface area contributed by atoms with Crippen molar-refractivity contribution in [2.75, 3.05) is 25.1 Å². The average molecular weight is 567 g/mol. The molecule has 2 aromatic heterocycles. The van der Waals surface area contributed by atoms with E-state index in [2.05, 4.69) is 10.2 Å². The van der Waals surface area contributed by atoms with Crippen LogP contribution in [0.1, 0.15) is 53.0 Å². The third-order valence-corrected chi connectivity index (χ3v) is 7.08. The van der Waals surface area contributed by atoms with Crippen LogP contribution in [0.5, 0.6) is 5.75 Å². The first-order valence-corrected chi connectivity index (χ1v) is 14.1. The number of methoxy groups -OCH3 is 1. The summed E-state index contributed by atoms with van der Waals surface area (Å²) in [6.45, 7) is 11.5. The number of fused-ring (bicyclic) bond motifs is 1. The van der Waals surface area contributed by atoms with Crippen LogP contribution < -0.4 is 26.2 Å². The maximum Gasteiger partial charge on any atom is 0.407 e. The van der Waals surface area contributed by atoms with Gasteiger partial charge in [0.15, 0.2) is 11.2 Å². The van der Waals surface area contributed by atoms with E-state index in [4.69, 9.17) is 14.5 Å². The number of amides is 1. The molecule has 1 fully saturated rings. The topological polar surface area (TPSA) is 113 Å². The van der Waals surface area contributed by atoms with Gasteiger partial charge in [0.1, 0.15) is 11.4 Å². The Morgan fingerprint density at radius 1 is 1.20 bits per heavy atom. The minimum absolute atomic E-state index is 0.145. The summed E-state index contributed by atoms with van der Waals surface area (Å²) in [5.74, 6) is 1.35. The van der Waals surface area contributed by atoms with Crippen molar-refractivity contribution in [3.63, 3.8) is 0 Å². The summed E-state index contributed by atoms with van der Waals surface area (Å²) in [6, 6.07) is 7.57. The Balaban J connectivity index is 1.75. The van der Waals surface area contributed by atoms with Gasteiger partial charge in [0.25, 0.3) is 5.56 Å². The van der Waals surface area contributed by atoms with Crippen LogP contribution in [-0.2, 0) is 31.3 Å². The molecule has 11 heteroatoms. The fraction of sp³-hybridized carbons (Fsp3) is 0.533. The molecule has 0 spiro atoms. The Kier molecular flexibility index (Phi) is 8.94. The molecule has 1 atom stereocenters. The van der Waals surface area contributed by atoms with Crippen molar-refractivity contribution in [1.82, 2.24) is 24.0 Å². The SMILES string of the molecule is COc1cccc(CCn2c(=O)n(C)c(=O)c3c2nc(N2CCCC(NC(=O)OC(C)(C)C)C2)n3CC=C(C)C)c1. The maximum atomic E-state index is 13.5. The Labute approximate surface area is 240 Å².